The number of benzene rings is 2. The fourth-order valence-corrected chi connectivity index (χ4v) is 2.98. The molecule has 0 fully saturated rings. The maximum absolute atomic E-state index is 6.49. The van der Waals surface area contributed by atoms with Crippen LogP contribution in [0.1, 0.15) is 23.7 Å². The highest BCUT2D eigenvalue weighted by Crippen LogP contribution is 2.37. The molecule has 0 atom stereocenters. The molecule has 0 saturated heterocycles. The van der Waals surface area contributed by atoms with E-state index in [0.717, 1.165) is 16.8 Å². The summed E-state index contributed by atoms with van der Waals surface area (Å²) in [6, 6.07) is 19.8. The molecule has 1 N–H and O–H groups in total. The number of hydrogen-bond acceptors (Lipinski definition) is 4. The second-order valence-electron chi connectivity index (χ2n) is 6.04. The molecule has 0 bridgehead atoms. The minimum atomic E-state index is 0.442. The predicted octanol–water partition coefficient (Wildman–Crippen LogP) is 5.00. The Morgan fingerprint density at radius 2 is 1.74 bits per heavy atom. The first-order valence-corrected chi connectivity index (χ1v) is 9.36. The van der Waals surface area contributed by atoms with Crippen molar-refractivity contribution in [2.24, 2.45) is 0 Å². The molecule has 4 nitrogen and oxygen atoms in total. The molecule has 140 valence electrons. The van der Waals surface area contributed by atoms with E-state index in [4.69, 9.17) is 21.1 Å². The van der Waals surface area contributed by atoms with Crippen molar-refractivity contribution in [3.63, 3.8) is 0 Å². The number of aromatic nitrogens is 1. The molecule has 0 spiro atoms. The van der Waals surface area contributed by atoms with Gasteiger partial charge in [0, 0.05) is 19.3 Å². The van der Waals surface area contributed by atoms with Crippen LogP contribution in [0.25, 0.3) is 0 Å². The molecule has 0 aliphatic rings. The highest BCUT2D eigenvalue weighted by Gasteiger charge is 2.13. The Morgan fingerprint density at radius 1 is 0.926 bits per heavy atom. The van der Waals surface area contributed by atoms with Gasteiger partial charge in [-0.1, -0.05) is 48.0 Å². The summed E-state index contributed by atoms with van der Waals surface area (Å²) in [5.74, 6) is 1.24. The van der Waals surface area contributed by atoms with Gasteiger partial charge in [-0.25, -0.2) is 0 Å². The summed E-state index contributed by atoms with van der Waals surface area (Å²) in [6.07, 6.45) is 1.79. The van der Waals surface area contributed by atoms with Gasteiger partial charge in [0.15, 0.2) is 11.5 Å². The first kappa shape index (κ1) is 19.2. The molecule has 1 heterocycles. The summed E-state index contributed by atoms with van der Waals surface area (Å²) in [6.45, 7) is 4.28. The zero-order valence-corrected chi connectivity index (χ0v) is 16.1. The van der Waals surface area contributed by atoms with Gasteiger partial charge in [-0.05, 0) is 42.3 Å². The van der Waals surface area contributed by atoms with Crippen molar-refractivity contribution >= 4 is 11.6 Å². The summed E-state index contributed by atoms with van der Waals surface area (Å²) in [5.41, 5.74) is 3.11. The minimum absolute atomic E-state index is 0.442. The van der Waals surface area contributed by atoms with Gasteiger partial charge in [-0.2, -0.15) is 0 Å². The highest BCUT2D eigenvalue weighted by molar-refractivity contribution is 6.32. The zero-order chi connectivity index (χ0) is 18.9. The molecular weight excluding hydrogens is 360 g/mol. The van der Waals surface area contributed by atoms with E-state index in [9.17, 15) is 0 Å². The van der Waals surface area contributed by atoms with Crippen molar-refractivity contribution in [1.82, 2.24) is 10.3 Å². The molecule has 0 radical (unpaired) electrons. The van der Waals surface area contributed by atoms with Gasteiger partial charge in [-0.15, -0.1) is 0 Å². The minimum Gasteiger partial charge on any atom is -0.490 e. The number of hydrogen-bond donors (Lipinski definition) is 1. The second-order valence-corrected chi connectivity index (χ2v) is 6.44. The highest BCUT2D eigenvalue weighted by atomic mass is 35.5. The van der Waals surface area contributed by atoms with E-state index in [1.54, 1.807) is 6.20 Å². The van der Waals surface area contributed by atoms with Crippen molar-refractivity contribution in [3.05, 3.63) is 88.7 Å². The van der Waals surface area contributed by atoms with Crippen molar-refractivity contribution in [3.8, 4) is 11.5 Å². The molecule has 27 heavy (non-hydrogen) atoms. The lowest BCUT2D eigenvalue weighted by molar-refractivity contribution is 0.269. The third-order valence-corrected chi connectivity index (χ3v) is 4.24. The van der Waals surface area contributed by atoms with Crippen molar-refractivity contribution in [2.45, 2.75) is 26.6 Å². The largest absolute Gasteiger partial charge is 0.490 e. The van der Waals surface area contributed by atoms with Crippen LogP contribution in [-0.2, 0) is 19.7 Å². The molecule has 0 aliphatic carbocycles. The van der Waals surface area contributed by atoms with Gasteiger partial charge in [0.1, 0.15) is 6.61 Å². The van der Waals surface area contributed by atoms with Crippen molar-refractivity contribution < 1.29 is 9.47 Å². The van der Waals surface area contributed by atoms with Gasteiger partial charge in [0.25, 0.3) is 0 Å². The number of halogens is 1. The van der Waals surface area contributed by atoms with Crippen LogP contribution in [0, 0.1) is 0 Å². The zero-order valence-electron chi connectivity index (χ0n) is 15.3. The summed E-state index contributed by atoms with van der Waals surface area (Å²) >= 11 is 6.49. The molecule has 1 aromatic heterocycles. The van der Waals surface area contributed by atoms with E-state index in [1.165, 1.54) is 0 Å². The van der Waals surface area contributed by atoms with Gasteiger partial charge in [0.2, 0.25) is 0 Å². The first-order valence-electron chi connectivity index (χ1n) is 8.99. The van der Waals surface area contributed by atoms with E-state index in [-0.39, 0.29) is 0 Å². The second kappa shape index (κ2) is 9.95. The van der Waals surface area contributed by atoms with Gasteiger partial charge in [0.05, 0.1) is 17.3 Å². The van der Waals surface area contributed by atoms with Crippen LogP contribution in [0.5, 0.6) is 11.5 Å². The molecule has 0 amide bonds. The van der Waals surface area contributed by atoms with Gasteiger partial charge >= 0.3 is 0 Å². The Hall–Kier alpha value is -2.56. The number of nitrogens with one attached hydrogen (secondary N) is 1. The van der Waals surface area contributed by atoms with E-state index < -0.39 is 0 Å². The first-order chi connectivity index (χ1) is 13.3. The molecule has 3 rings (SSSR count). The Kier molecular flexibility index (Phi) is 7.08. The lowest BCUT2D eigenvalue weighted by Crippen LogP contribution is -2.14. The Balaban J connectivity index is 1.67. The molecular formula is C22H23ClN2O2. The quantitative estimate of drug-likeness (QED) is 0.565. The fraction of sp³-hybridized carbons (Fsp3) is 0.227. The Labute approximate surface area is 165 Å². The van der Waals surface area contributed by atoms with E-state index in [0.29, 0.717) is 42.8 Å². The third kappa shape index (κ3) is 5.71. The summed E-state index contributed by atoms with van der Waals surface area (Å²) in [5, 5.41) is 3.92. The average molecular weight is 383 g/mol. The molecule has 3 aromatic rings. The van der Waals surface area contributed by atoms with Crippen LogP contribution in [-0.4, -0.2) is 11.6 Å². The Morgan fingerprint density at radius 3 is 2.48 bits per heavy atom. The van der Waals surface area contributed by atoms with E-state index in [2.05, 4.69) is 10.3 Å². The van der Waals surface area contributed by atoms with Crippen molar-refractivity contribution in [2.75, 3.05) is 6.61 Å². The molecule has 5 heteroatoms. The van der Waals surface area contributed by atoms with Crippen LogP contribution in [0.3, 0.4) is 0 Å². The summed E-state index contributed by atoms with van der Waals surface area (Å²) in [7, 11) is 0. The summed E-state index contributed by atoms with van der Waals surface area (Å²) < 4.78 is 11.7. The fourth-order valence-electron chi connectivity index (χ4n) is 2.69. The maximum Gasteiger partial charge on any atom is 0.180 e. The lowest BCUT2D eigenvalue weighted by atomic mass is 10.2. The normalized spacial score (nSPS) is 10.6. The number of nitrogens with zero attached hydrogens (tertiary/aromatic N) is 1. The SMILES string of the molecule is CCOc1cc(CNCc2ccccn2)cc(Cl)c1OCc1ccccc1. The topological polar surface area (TPSA) is 43.4 Å². The molecule has 0 aliphatic heterocycles. The molecule has 0 saturated carbocycles. The maximum atomic E-state index is 6.49. The van der Waals surface area contributed by atoms with E-state index in [1.807, 2.05) is 67.6 Å². The van der Waals surface area contributed by atoms with Crippen LogP contribution >= 0.6 is 11.6 Å². The number of ether oxygens (including phenoxy) is 2. The van der Waals surface area contributed by atoms with Crippen LogP contribution in [0.2, 0.25) is 5.02 Å². The van der Waals surface area contributed by atoms with E-state index >= 15 is 0 Å². The van der Waals surface area contributed by atoms with Crippen LogP contribution < -0.4 is 14.8 Å². The van der Waals surface area contributed by atoms with Crippen molar-refractivity contribution in [1.29, 1.82) is 0 Å². The number of pyridine rings is 1. The summed E-state index contributed by atoms with van der Waals surface area (Å²) in [4.78, 5) is 4.31. The van der Waals surface area contributed by atoms with Gasteiger partial charge < -0.3 is 14.8 Å². The van der Waals surface area contributed by atoms with Crippen LogP contribution in [0.15, 0.2) is 66.9 Å². The van der Waals surface area contributed by atoms with Gasteiger partial charge in [-0.3, -0.25) is 4.98 Å². The third-order valence-electron chi connectivity index (χ3n) is 3.96. The Bertz CT molecular complexity index is 842. The smallest absolute Gasteiger partial charge is 0.180 e. The predicted molar refractivity (Wildman–Crippen MR) is 108 cm³/mol. The average Bonchev–Trinajstić information content (AvgIpc) is 2.69. The van der Waals surface area contributed by atoms with Crippen LogP contribution in [0.4, 0.5) is 0 Å². The standard InChI is InChI=1S/C22H23ClN2O2/c1-2-26-21-13-18(14-24-15-19-10-6-7-11-25-19)12-20(23)22(21)27-16-17-8-4-3-5-9-17/h3-13,24H,2,14-16H2,1H3. The molecule has 2 aromatic carbocycles. The molecule has 0 unspecified atom stereocenters. The monoisotopic (exact) mass is 382 g/mol. The number of rotatable bonds is 9. The lowest BCUT2D eigenvalue weighted by Gasteiger charge is -2.15.